The molecule has 0 spiro atoms. The van der Waals surface area contributed by atoms with Gasteiger partial charge in [-0.05, 0) is 55.8 Å². The summed E-state index contributed by atoms with van der Waals surface area (Å²) in [5, 5.41) is 0. The molecule has 2 N–H and O–H groups in total. The molecule has 0 aliphatic heterocycles. The predicted octanol–water partition coefficient (Wildman–Crippen LogP) is 3.16. The van der Waals surface area contributed by atoms with E-state index in [1.54, 1.807) is 0 Å². The molecule has 3 heteroatoms. The van der Waals surface area contributed by atoms with E-state index in [4.69, 9.17) is 10.7 Å². The molecule has 4 saturated carbocycles. The zero-order chi connectivity index (χ0) is 13.0. The van der Waals surface area contributed by atoms with Crippen LogP contribution in [0.3, 0.4) is 0 Å². The standard InChI is InChI=1S/C16H23N3/c1-2-15-18-13(8-14(17)19-15)16-11-4-9-3-10(6-11)7-12(16)5-9/h8-12,16H,2-7H2,1H3,(H2,17,18,19). The first-order valence-corrected chi connectivity index (χ1v) is 7.86. The van der Waals surface area contributed by atoms with Gasteiger partial charge >= 0.3 is 0 Å². The van der Waals surface area contributed by atoms with Crippen LogP contribution in [0.2, 0.25) is 0 Å². The van der Waals surface area contributed by atoms with Crippen molar-refractivity contribution in [1.29, 1.82) is 0 Å². The van der Waals surface area contributed by atoms with Crippen molar-refractivity contribution in [2.24, 2.45) is 23.7 Å². The van der Waals surface area contributed by atoms with E-state index in [-0.39, 0.29) is 0 Å². The van der Waals surface area contributed by atoms with Gasteiger partial charge in [0.25, 0.3) is 0 Å². The van der Waals surface area contributed by atoms with E-state index in [1.165, 1.54) is 37.8 Å². The highest BCUT2D eigenvalue weighted by molar-refractivity contribution is 5.33. The molecule has 102 valence electrons. The largest absolute Gasteiger partial charge is 0.384 e. The summed E-state index contributed by atoms with van der Waals surface area (Å²) < 4.78 is 0. The van der Waals surface area contributed by atoms with E-state index in [0.717, 1.165) is 35.9 Å². The lowest BCUT2D eigenvalue weighted by Gasteiger charge is -2.54. The third-order valence-corrected chi connectivity index (χ3v) is 5.70. The van der Waals surface area contributed by atoms with Crippen LogP contribution in [0.15, 0.2) is 6.07 Å². The third kappa shape index (κ3) is 1.86. The van der Waals surface area contributed by atoms with Crippen LogP contribution in [0.4, 0.5) is 5.82 Å². The summed E-state index contributed by atoms with van der Waals surface area (Å²) >= 11 is 0. The molecule has 0 unspecified atom stereocenters. The predicted molar refractivity (Wildman–Crippen MR) is 75.6 cm³/mol. The van der Waals surface area contributed by atoms with Gasteiger partial charge in [-0.25, -0.2) is 9.97 Å². The van der Waals surface area contributed by atoms with Crippen LogP contribution >= 0.6 is 0 Å². The average molecular weight is 257 g/mol. The molecule has 4 aliphatic carbocycles. The van der Waals surface area contributed by atoms with Crippen molar-refractivity contribution in [3.8, 4) is 0 Å². The quantitative estimate of drug-likeness (QED) is 0.885. The van der Waals surface area contributed by atoms with Crippen molar-refractivity contribution in [3.05, 3.63) is 17.6 Å². The molecule has 1 aromatic heterocycles. The van der Waals surface area contributed by atoms with Gasteiger partial charge in [-0.3, -0.25) is 0 Å². The maximum atomic E-state index is 5.98. The third-order valence-electron chi connectivity index (χ3n) is 5.70. The molecule has 4 bridgehead atoms. The molecule has 3 nitrogen and oxygen atoms in total. The van der Waals surface area contributed by atoms with Gasteiger partial charge in [0.1, 0.15) is 11.6 Å². The minimum Gasteiger partial charge on any atom is -0.384 e. The monoisotopic (exact) mass is 257 g/mol. The summed E-state index contributed by atoms with van der Waals surface area (Å²) in [7, 11) is 0. The zero-order valence-corrected chi connectivity index (χ0v) is 11.7. The highest BCUT2D eigenvalue weighted by Crippen LogP contribution is 2.59. The number of hydrogen-bond donors (Lipinski definition) is 1. The van der Waals surface area contributed by atoms with Gasteiger partial charge in [0.2, 0.25) is 0 Å². The van der Waals surface area contributed by atoms with E-state index >= 15 is 0 Å². The first-order valence-electron chi connectivity index (χ1n) is 7.86. The second-order valence-electron chi connectivity index (χ2n) is 6.94. The molecule has 0 radical (unpaired) electrons. The van der Waals surface area contributed by atoms with Gasteiger partial charge < -0.3 is 5.73 Å². The molecule has 0 amide bonds. The van der Waals surface area contributed by atoms with Crippen LogP contribution in [0.25, 0.3) is 0 Å². The van der Waals surface area contributed by atoms with E-state index in [1.807, 2.05) is 6.07 Å². The molecule has 0 saturated heterocycles. The van der Waals surface area contributed by atoms with Crippen LogP contribution in [0, 0.1) is 23.7 Å². The minimum atomic E-state index is 0.663. The van der Waals surface area contributed by atoms with Crippen LogP contribution < -0.4 is 5.73 Å². The number of nitrogens with zero attached hydrogens (tertiary/aromatic N) is 2. The Bertz CT molecular complexity index is 469. The Kier molecular flexibility index (Phi) is 2.58. The van der Waals surface area contributed by atoms with Crippen LogP contribution in [-0.4, -0.2) is 9.97 Å². The molecule has 5 rings (SSSR count). The highest BCUT2D eigenvalue weighted by Gasteiger charge is 2.49. The summed E-state index contributed by atoms with van der Waals surface area (Å²) in [6.45, 7) is 2.11. The fourth-order valence-corrected chi connectivity index (χ4v) is 5.28. The Morgan fingerprint density at radius 3 is 2.26 bits per heavy atom. The fourth-order valence-electron chi connectivity index (χ4n) is 5.28. The summed E-state index contributed by atoms with van der Waals surface area (Å²) in [5.74, 6) is 6.03. The molecule has 1 aromatic rings. The maximum absolute atomic E-state index is 5.98. The zero-order valence-electron chi connectivity index (χ0n) is 11.7. The first-order chi connectivity index (χ1) is 9.22. The number of aryl methyl sites for hydroxylation is 1. The Balaban J connectivity index is 1.70. The summed E-state index contributed by atoms with van der Waals surface area (Å²) in [6, 6.07) is 2.05. The molecule has 19 heavy (non-hydrogen) atoms. The van der Waals surface area contributed by atoms with Gasteiger partial charge in [0, 0.05) is 24.1 Å². The second kappa shape index (κ2) is 4.19. The number of aromatic nitrogens is 2. The van der Waals surface area contributed by atoms with E-state index < -0.39 is 0 Å². The van der Waals surface area contributed by atoms with Gasteiger partial charge in [-0.15, -0.1) is 0 Å². The topological polar surface area (TPSA) is 51.8 Å². The Morgan fingerprint density at radius 1 is 1.05 bits per heavy atom. The van der Waals surface area contributed by atoms with Gasteiger partial charge in [-0.1, -0.05) is 6.92 Å². The number of rotatable bonds is 2. The Morgan fingerprint density at radius 2 is 1.68 bits per heavy atom. The molecule has 4 fully saturated rings. The number of nitrogen functional groups attached to an aromatic ring is 1. The lowest BCUT2D eigenvalue weighted by Crippen LogP contribution is -2.44. The number of anilines is 1. The summed E-state index contributed by atoms with van der Waals surface area (Å²) in [6.07, 6.45) is 8.12. The molecule has 1 heterocycles. The smallest absolute Gasteiger partial charge is 0.130 e. The van der Waals surface area contributed by atoms with Gasteiger partial charge in [0.15, 0.2) is 0 Å². The number of hydrogen-bond acceptors (Lipinski definition) is 3. The van der Waals surface area contributed by atoms with Crippen LogP contribution in [-0.2, 0) is 6.42 Å². The van der Waals surface area contributed by atoms with Crippen LogP contribution in [0.5, 0.6) is 0 Å². The fraction of sp³-hybridized carbons (Fsp3) is 0.750. The van der Waals surface area contributed by atoms with Crippen molar-refractivity contribution in [1.82, 2.24) is 9.97 Å². The Labute approximate surface area is 115 Å². The molecule has 0 atom stereocenters. The summed E-state index contributed by atoms with van der Waals surface area (Å²) in [5.41, 5.74) is 7.23. The van der Waals surface area contributed by atoms with E-state index in [9.17, 15) is 0 Å². The highest BCUT2D eigenvalue weighted by atomic mass is 14.9. The Hall–Kier alpha value is -1.12. The van der Waals surface area contributed by atoms with Gasteiger partial charge in [-0.2, -0.15) is 0 Å². The lowest BCUT2D eigenvalue weighted by atomic mass is 9.51. The maximum Gasteiger partial charge on any atom is 0.130 e. The van der Waals surface area contributed by atoms with Crippen molar-refractivity contribution in [2.75, 3.05) is 5.73 Å². The molecular formula is C16H23N3. The second-order valence-corrected chi connectivity index (χ2v) is 6.94. The van der Waals surface area contributed by atoms with Gasteiger partial charge in [0.05, 0.1) is 0 Å². The summed E-state index contributed by atoms with van der Waals surface area (Å²) in [4.78, 5) is 9.14. The SMILES string of the molecule is CCc1nc(N)cc(C2C3CC4CC(C3)CC2C4)n1. The van der Waals surface area contributed by atoms with E-state index in [2.05, 4.69) is 11.9 Å². The van der Waals surface area contributed by atoms with Crippen molar-refractivity contribution < 1.29 is 0 Å². The molecule has 4 aliphatic rings. The van der Waals surface area contributed by atoms with Crippen molar-refractivity contribution in [3.63, 3.8) is 0 Å². The average Bonchev–Trinajstić information content (AvgIpc) is 2.36. The first kappa shape index (κ1) is 11.7. The molecule has 0 aromatic carbocycles. The van der Waals surface area contributed by atoms with Crippen molar-refractivity contribution in [2.45, 2.75) is 51.4 Å². The lowest BCUT2D eigenvalue weighted by molar-refractivity contribution is -0.00422. The normalized spacial score (nSPS) is 39.7. The van der Waals surface area contributed by atoms with E-state index in [0.29, 0.717) is 11.7 Å². The molecular weight excluding hydrogens is 234 g/mol. The number of nitrogens with two attached hydrogens (primary N) is 1. The van der Waals surface area contributed by atoms with Crippen molar-refractivity contribution >= 4 is 5.82 Å². The van der Waals surface area contributed by atoms with Crippen LogP contribution in [0.1, 0.15) is 56.5 Å². The minimum absolute atomic E-state index is 0.663.